The Morgan fingerprint density at radius 3 is 2.39 bits per heavy atom. The van der Waals surface area contributed by atoms with Crippen LogP contribution in [0.1, 0.15) is 24.8 Å². The molecule has 2 aromatic carbocycles. The predicted molar refractivity (Wildman–Crippen MR) is 103 cm³/mol. The first-order valence-electron chi connectivity index (χ1n) is 9.60. The molecular formula is C21H24F2N2O2S. The molecule has 0 unspecified atom stereocenters. The lowest BCUT2D eigenvalue weighted by Gasteiger charge is -2.53. The van der Waals surface area contributed by atoms with Crippen molar-refractivity contribution >= 4 is 10.0 Å². The van der Waals surface area contributed by atoms with Crippen LogP contribution in [0.15, 0.2) is 53.4 Å². The Morgan fingerprint density at radius 1 is 1.07 bits per heavy atom. The number of piperidine rings is 1. The number of hydrogen-bond donors (Lipinski definition) is 0. The fourth-order valence-electron chi connectivity index (χ4n) is 4.44. The van der Waals surface area contributed by atoms with Crippen molar-refractivity contribution in [1.29, 1.82) is 0 Å². The van der Waals surface area contributed by atoms with Gasteiger partial charge in [-0.25, -0.2) is 17.2 Å². The van der Waals surface area contributed by atoms with Crippen molar-refractivity contribution in [3.8, 4) is 0 Å². The summed E-state index contributed by atoms with van der Waals surface area (Å²) in [6.45, 7) is 4.79. The van der Waals surface area contributed by atoms with Gasteiger partial charge < -0.3 is 0 Å². The Kier molecular flexibility index (Phi) is 5.24. The minimum Gasteiger partial charge on any atom is -0.299 e. The zero-order chi connectivity index (χ0) is 19.9. The largest absolute Gasteiger partial charge is 0.299 e. The van der Waals surface area contributed by atoms with E-state index in [2.05, 4.69) is 24.0 Å². The topological polar surface area (TPSA) is 40.6 Å². The van der Waals surface area contributed by atoms with Crippen molar-refractivity contribution in [3.63, 3.8) is 0 Å². The maximum absolute atomic E-state index is 13.5. The highest BCUT2D eigenvalue weighted by molar-refractivity contribution is 7.89. The van der Waals surface area contributed by atoms with E-state index in [4.69, 9.17) is 0 Å². The standard InChI is InChI=1S/C21H24F2N2O2S/c1-15(16-5-3-2-4-6-16)12-24-13-17-14-25(8-7-21(17)24)28(26,27)20-10-18(22)9-19(23)11-20/h2-6,9-11,15,17,21H,7-8,12-14H2,1H3/t15-,17-,21-/m1/s1. The summed E-state index contributed by atoms with van der Waals surface area (Å²) in [5, 5.41) is 0. The minimum absolute atomic E-state index is 0.268. The average molecular weight is 406 g/mol. The molecule has 0 radical (unpaired) electrons. The summed E-state index contributed by atoms with van der Waals surface area (Å²) in [7, 11) is -3.88. The van der Waals surface area contributed by atoms with E-state index in [9.17, 15) is 17.2 Å². The summed E-state index contributed by atoms with van der Waals surface area (Å²) in [4.78, 5) is 2.12. The van der Waals surface area contributed by atoms with E-state index in [0.29, 0.717) is 31.1 Å². The highest BCUT2D eigenvalue weighted by Gasteiger charge is 2.45. The normalized spacial score (nSPS) is 24.4. The molecule has 3 atom stereocenters. The quantitative estimate of drug-likeness (QED) is 0.764. The number of fused-ring (bicyclic) bond motifs is 1. The average Bonchev–Trinajstić information content (AvgIpc) is 2.65. The Hall–Kier alpha value is -1.83. The first-order chi connectivity index (χ1) is 13.3. The van der Waals surface area contributed by atoms with E-state index in [1.165, 1.54) is 9.87 Å². The number of halogens is 2. The van der Waals surface area contributed by atoms with Crippen molar-refractivity contribution in [3.05, 3.63) is 65.7 Å². The fraction of sp³-hybridized carbons (Fsp3) is 0.429. The van der Waals surface area contributed by atoms with Gasteiger partial charge in [0.25, 0.3) is 0 Å². The maximum Gasteiger partial charge on any atom is 0.243 e. The Labute approximate surface area is 164 Å². The summed E-state index contributed by atoms with van der Waals surface area (Å²) in [6.07, 6.45) is 0.739. The van der Waals surface area contributed by atoms with E-state index in [-0.39, 0.29) is 10.8 Å². The van der Waals surface area contributed by atoms with Crippen LogP contribution in [0.4, 0.5) is 8.78 Å². The molecule has 2 aromatic rings. The Balaban J connectivity index is 1.39. The lowest BCUT2D eigenvalue weighted by Crippen LogP contribution is -2.64. The lowest BCUT2D eigenvalue weighted by atomic mass is 9.82. The van der Waals surface area contributed by atoms with Crippen LogP contribution in [0.5, 0.6) is 0 Å². The molecule has 150 valence electrons. The van der Waals surface area contributed by atoms with E-state index < -0.39 is 21.7 Å². The van der Waals surface area contributed by atoms with Crippen LogP contribution in [0.25, 0.3) is 0 Å². The monoisotopic (exact) mass is 406 g/mol. The van der Waals surface area contributed by atoms with Gasteiger partial charge in [-0.15, -0.1) is 0 Å². The van der Waals surface area contributed by atoms with Gasteiger partial charge in [0.15, 0.2) is 0 Å². The second-order valence-corrected chi connectivity index (χ2v) is 9.79. The van der Waals surface area contributed by atoms with Gasteiger partial charge in [-0.05, 0) is 30.0 Å². The van der Waals surface area contributed by atoms with Gasteiger partial charge in [-0.2, -0.15) is 4.31 Å². The number of sulfonamides is 1. The zero-order valence-electron chi connectivity index (χ0n) is 15.8. The van der Waals surface area contributed by atoms with Crippen LogP contribution in [-0.2, 0) is 10.0 Å². The lowest BCUT2D eigenvalue weighted by molar-refractivity contribution is -0.0272. The number of rotatable bonds is 5. The summed E-state index contributed by atoms with van der Waals surface area (Å²) in [6, 6.07) is 13.2. The summed E-state index contributed by atoms with van der Waals surface area (Å²) >= 11 is 0. The summed E-state index contributed by atoms with van der Waals surface area (Å²) in [5.41, 5.74) is 1.30. The summed E-state index contributed by atoms with van der Waals surface area (Å²) in [5.74, 6) is -1.07. The van der Waals surface area contributed by atoms with Crippen LogP contribution >= 0.6 is 0 Å². The molecule has 7 heteroatoms. The first-order valence-corrected chi connectivity index (χ1v) is 11.0. The fourth-order valence-corrected chi connectivity index (χ4v) is 5.99. The van der Waals surface area contributed by atoms with Crippen molar-refractivity contribution < 1.29 is 17.2 Å². The van der Waals surface area contributed by atoms with Gasteiger partial charge in [-0.3, -0.25) is 4.90 Å². The second kappa shape index (κ2) is 7.54. The van der Waals surface area contributed by atoms with Crippen LogP contribution < -0.4 is 0 Å². The predicted octanol–water partition coefficient (Wildman–Crippen LogP) is 3.46. The highest BCUT2D eigenvalue weighted by atomic mass is 32.2. The summed E-state index contributed by atoms with van der Waals surface area (Å²) < 4.78 is 53.9. The van der Waals surface area contributed by atoms with Gasteiger partial charge in [0.05, 0.1) is 4.90 Å². The number of hydrogen-bond acceptors (Lipinski definition) is 3. The molecule has 0 spiro atoms. The van der Waals surface area contributed by atoms with Crippen LogP contribution in [-0.4, -0.2) is 49.8 Å². The van der Waals surface area contributed by atoms with Crippen molar-refractivity contribution in [1.82, 2.24) is 9.21 Å². The molecule has 0 N–H and O–H groups in total. The third kappa shape index (κ3) is 3.71. The van der Waals surface area contributed by atoms with E-state index >= 15 is 0 Å². The molecule has 0 aliphatic carbocycles. The molecule has 0 bridgehead atoms. The smallest absolute Gasteiger partial charge is 0.243 e. The van der Waals surface area contributed by atoms with E-state index in [0.717, 1.165) is 31.6 Å². The molecule has 0 aromatic heterocycles. The molecule has 0 saturated carbocycles. The van der Waals surface area contributed by atoms with Gasteiger partial charge in [0.2, 0.25) is 10.0 Å². The molecule has 2 aliphatic heterocycles. The third-order valence-corrected chi connectivity index (χ3v) is 7.79. The minimum atomic E-state index is -3.88. The SMILES string of the molecule is C[C@H](CN1C[C@@H]2CN(S(=O)(=O)c3cc(F)cc(F)c3)CC[C@H]21)c1ccccc1. The molecule has 0 amide bonds. The van der Waals surface area contributed by atoms with Crippen LogP contribution in [0.2, 0.25) is 0 Å². The number of benzene rings is 2. The van der Waals surface area contributed by atoms with Crippen LogP contribution in [0, 0.1) is 17.6 Å². The number of nitrogens with zero attached hydrogens (tertiary/aromatic N) is 2. The molecule has 28 heavy (non-hydrogen) atoms. The van der Waals surface area contributed by atoms with Gasteiger partial charge in [0.1, 0.15) is 11.6 Å². The number of likely N-dealkylation sites (tertiary alicyclic amines) is 1. The molecule has 2 fully saturated rings. The Bertz CT molecular complexity index is 932. The molecule has 2 heterocycles. The molecule has 4 nitrogen and oxygen atoms in total. The zero-order valence-corrected chi connectivity index (χ0v) is 16.6. The molecule has 2 aliphatic rings. The van der Waals surface area contributed by atoms with Crippen molar-refractivity contribution in [2.24, 2.45) is 5.92 Å². The molecular weight excluding hydrogens is 382 g/mol. The molecule has 2 saturated heterocycles. The molecule has 4 rings (SSSR count). The van der Waals surface area contributed by atoms with Gasteiger partial charge in [0, 0.05) is 44.2 Å². The second-order valence-electron chi connectivity index (χ2n) is 7.85. The Morgan fingerprint density at radius 2 is 1.75 bits per heavy atom. The van der Waals surface area contributed by atoms with Crippen LogP contribution in [0.3, 0.4) is 0 Å². The van der Waals surface area contributed by atoms with Gasteiger partial charge >= 0.3 is 0 Å². The van der Waals surface area contributed by atoms with Gasteiger partial charge in [-0.1, -0.05) is 37.3 Å². The van der Waals surface area contributed by atoms with Crippen molar-refractivity contribution in [2.45, 2.75) is 30.2 Å². The first kappa shape index (κ1) is 19.5. The van der Waals surface area contributed by atoms with E-state index in [1.54, 1.807) is 0 Å². The highest BCUT2D eigenvalue weighted by Crippen LogP contribution is 2.36. The van der Waals surface area contributed by atoms with E-state index in [1.807, 2.05) is 18.2 Å². The maximum atomic E-state index is 13.5. The third-order valence-electron chi connectivity index (χ3n) is 5.95. The van der Waals surface area contributed by atoms with Crippen molar-refractivity contribution in [2.75, 3.05) is 26.2 Å².